The maximum atomic E-state index is 5.53. The Labute approximate surface area is 135 Å². The molecule has 5 nitrogen and oxygen atoms in total. The summed E-state index contributed by atoms with van der Waals surface area (Å²) in [5.41, 5.74) is 0. The third-order valence-electron chi connectivity index (χ3n) is 4.60. The van der Waals surface area contributed by atoms with Crippen LogP contribution in [0.2, 0.25) is 0 Å². The van der Waals surface area contributed by atoms with E-state index in [0.717, 1.165) is 39.1 Å². The van der Waals surface area contributed by atoms with Gasteiger partial charge in [-0.15, -0.1) is 0 Å². The molecule has 22 heavy (non-hydrogen) atoms. The van der Waals surface area contributed by atoms with Crippen LogP contribution in [0.3, 0.4) is 0 Å². The van der Waals surface area contributed by atoms with Crippen LogP contribution in [0.5, 0.6) is 0 Å². The van der Waals surface area contributed by atoms with E-state index in [0.29, 0.717) is 12.1 Å². The topological polar surface area (TPSA) is 33.5 Å². The van der Waals surface area contributed by atoms with Gasteiger partial charge in [0.25, 0.3) is 0 Å². The van der Waals surface area contributed by atoms with E-state index in [9.17, 15) is 0 Å². The minimum atomic E-state index is 0.367. The zero-order chi connectivity index (χ0) is 15.9. The van der Waals surface area contributed by atoms with Crippen molar-refractivity contribution in [3.8, 4) is 0 Å². The lowest BCUT2D eigenvalue weighted by Gasteiger charge is -2.25. The Morgan fingerprint density at radius 2 is 1.91 bits per heavy atom. The van der Waals surface area contributed by atoms with Crippen LogP contribution in [0.25, 0.3) is 0 Å². The highest BCUT2D eigenvalue weighted by atomic mass is 16.5. The number of aromatic nitrogens is 2. The highest BCUT2D eigenvalue weighted by Gasteiger charge is 2.19. The monoisotopic (exact) mass is 308 g/mol. The number of hydrogen-bond donors (Lipinski definition) is 0. The van der Waals surface area contributed by atoms with Gasteiger partial charge in [-0.05, 0) is 39.8 Å². The van der Waals surface area contributed by atoms with Crippen molar-refractivity contribution in [1.29, 1.82) is 0 Å². The molecule has 1 aliphatic heterocycles. The van der Waals surface area contributed by atoms with E-state index in [1.807, 2.05) is 13.3 Å². The Balaban J connectivity index is 1.86. The van der Waals surface area contributed by atoms with Crippen molar-refractivity contribution < 1.29 is 4.74 Å². The summed E-state index contributed by atoms with van der Waals surface area (Å²) in [6.07, 6.45) is 6.69. The van der Waals surface area contributed by atoms with Gasteiger partial charge in [-0.2, -0.15) is 0 Å². The molecule has 1 atom stereocenters. The third kappa shape index (κ3) is 4.80. The fourth-order valence-electron chi connectivity index (χ4n) is 3.16. The van der Waals surface area contributed by atoms with Crippen molar-refractivity contribution in [2.45, 2.75) is 52.3 Å². The highest BCUT2D eigenvalue weighted by Crippen LogP contribution is 2.13. The molecule has 0 saturated carbocycles. The minimum Gasteiger partial charge on any atom is -0.380 e. The summed E-state index contributed by atoms with van der Waals surface area (Å²) < 4.78 is 7.81. The van der Waals surface area contributed by atoms with Crippen LogP contribution in [-0.2, 0) is 11.3 Å². The smallest absolute Gasteiger partial charge is 0.123 e. The number of methoxy groups -OCH3 is 1. The second-order valence-electron chi connectivity index (χ2n) is 6.54. The molecular weight excluding hydrogens is 276 g/mol. The summed E-state index contributed by atoms with van der Waals surface area (Å²) in [5.74, 6) is 1.19. The number of ether oxygens (including phenoxy) is 1. The maximum absolute atomic E-state index is 5.53. The number of nitrogens with zero attached hydrogens (tertiary/aromatic N) is 4. The molecule has 1 aromatic heterocycles. The first-order valence-corrected chi connectivity index (χ1v) is 8.63. The Morgan fingerprint density at radius 1 is 1.18 bits per heavy atom. The van der Waals surface area contributed by atoms with Gasteiger partial charge in [-0.25, -0.2) is 4.98 Å². The van der Waals surface area contributed by atoms with E-state index in [-0.39, 0.29) is 0 Å². The average Bonchev–Trinajstić information content (AvgIpc) is 2.86. The number of rotatable bonds is 7. The SMILES string of the molecule is CCC(CN1CCCN(Cc2nccn2C(C)C)CC1)OC. The van der Waals surface area contributed by atoms with Gasteiger partial charge in [0.1, 0.15) is 5.82 Å². The van der Waals surface area contributed by atoms with Crippen molar-refractivity contribution in [2.24, 2.45) is 0 Å². The Hall–Kier alpha value is -0.910. The van der Waals surface area contributed by atoms with Crippen LogP contribution in [0.15, 0.2) is 12.4 Å². The van der Waals surface area contributed by atoms with Crippen LogP contribution in [0.1, 0.15) is 45.5 Å². The largest absolute Gasteiger partial charge is 0.380 e. The molecule has 5 heteroatoms. The molecule has 126 valence electrons. The quantitative estimate of drug-likeness (QED) is 0.774. The molecule has 0 radical (unpaired) electrons. The first-order valence-electron chi connectivity index (χ1n) is 8.63. The molecule has 0 amide bonds. The molecule has 0 N–H and O–H groups in total. The van der Waals surface area contributed by atoms with Gasteiger partial charge in [0.05, 0.1) is 12.6 Å². The van der Waals surface area contributed by atoms with Crippen molar-refractivity contribution in [3.05, 3.63) is 18.2 Å². The van der Waals surface area contributed by atoms with Crippen molar-refractivity contribution in [1.82, 2.24) is 19.4 Å². The van der Waals surface area contributed by atoms with Crippen molar-refractivity contribution in [3.63, 3.8) is 0 Å². The Kier molecular flexibility index (Phi) is 6.86. The maximum Gasteiger partial charge on any atom is 0.123 e. The predicted octanol–water partition coefficient (Wildman–Crippen LogP) is 2.40. The second-order valence-corrected chi connectivity index (χ2v) is 6.54. The van der Waals surface area contributed by atoms with E-state index in [2.05, 4.69) is 46.3 Å². The molecule has 1 aliphatic rings. The lowest BCUT2D eigenvalue weighted by Crippen LogP contribution is -2.36. The summed E-state index contributed by atoms with van der Waals surface area (Å²) >= 11 is 0. The molecule has 2 rings (SSSR count). The van der Waals surface area contributed by atoms with E-state index < -0.39 is 0 Å². The molecule has 1 fully saturated rings. The fraction of sp³-hybridized carbons (Fsp3) is 0.824. The first kappa shape index (κ1) is 17.4. The third-order valence-corrected chi connectivity index (χ3v) is 4.60. The Morgan fingerprint density at radius 3 is 2.59 bits per heavy atom. The van der Waals surface area contributed by atoms with E-state index in [1.165, 1.54) is 18.8 Å². The first-order chi connectivity index (χ1) is 10.6. The van der Waals surface area contributed by atoms with Gasteiger partial charge >= 0.3 is 0 Å². The number of hydrogen-bond acceptors (Lipinski definition) is 4. The fourth-order valence-corrected chi connectivity index (χ4v) is 3.16. The molecule has 2 heterocycles. The van der Waals surface area contributed by atoms with E-state index in [1.54, 1.807) is 0 Å². The standard InChI is InChI=1S/C17H32N4O/c1-5-16(22-4)13-19-8-6-9-20(12-11-19)14-17-18-7-10-21(17)15(2)3/h7,10,15-16H,5-6,8-9,11-14H2,1-4H3. The Bertz CT molecular complexity index is 428. The van der Waals surface area contributed by atoms with Crippen LogP contribution in [0.4, 0.5) is 0 Å². The van der Waals surface area contributed by atoms with Crippen LogP contribution < -0.4 is 0 Å². The highest BCUT2D eigenvalue weighted by molar-refractivity contribution is 4.94. The summed E-state index contributed by atoms with van der Waals surface area (Å²) in [7, 11) is 1.82. The molecule has 0 spiro atoms. The average molecular weight is 308 g/mol. The number of imidazole rings is 1. The van der Waals surface area contributed by atoms with E-state index >= 15 is 0 Å². The van der Waals surface area contributed by atoms with Crippen molar-refractivity contribution in [2.75, 3.05) is 39.8 Å². The molecule has 0 bridgehead atoms. The van der Waals surface area contributed by atoms with Crippen LogP contribution in [-0.4, -0.2) is 65.3 Å². The summed E-state index contributed by atoms with van der Waals surface area (Å²) in [5, 5.41) is 0. The predicted molar refractivity (Wildman–Crippen MR) is 90.0 cm³/mol. The molecule has 1 unspecified atom stereocenters. The summed E-state index contributed by atoms with van der Waals surface area (Å²) in [6, 6.07) is 0.480. The van der Waals surface area contributed by atoms with Crippen LogP contribution >= 0.6 is 0 Å². The lowest BCUT2D eigenvalue weighted by molar-refractivity contribution is 0.0623. The zero-order valence-corrected chi connectivity index (χ0v) is 14.7. The van der Waals surface area contributed by atoms with Gasteiger partial charge in [0, 0.05) is 45.2 Å². The summed E-state index contributed by atoms with van der Waals surface area (Å²) in [6.45, 7) is 13.2. The van der Waals surface area contributed by atoms with Crippen molar-refractivity contribution >= 4 is 0 Å². The van der Waals surface area contributed by atoms with E-state index in [4.69, 9.17) is 4.74 Å². The minimum absolute atomic E-state index is 0.367. The molecular formula is C17H32N4O. The molecule has 0 aliphatic carbocycles. The van der Waals surface area contributed by atoms with Gasteiger partial charge in [-0.1, -0.05) is 6.92 Å². The van der Waals surface area contributed by atoms with Gasteiger partial charge in [0.2, 0.25) is 0 Å². The zero-order valence-electron chi connectivity index (χ0n) is 14.7. The van der Waals surface area contributed by atoms with Gasteiger partial charge < -0.3 is 9.30 Å². The van der Waals surface area contributed by atoms with Crippen LogP contribution in [0, 0.1) is 0 Å². The molecule has 0 aromatic carbocycles. The molecule has 1 saturated heterocycles. The molecule has 1 aromatic rings. The lowest BCUT2D eigenvalue weighted by atomic mass is 10.2. The second kappa shape index (κ2) is 8.65. The van der Waals surface area contributed by atoms with Gasteiger partial charge in [-0.3, -0.25) is 9.80 Å². The normalized spacial score (nSPS) is 19.5. The van der Waals surface area contributed by atoms with Gasteiger partial charge in [0.15, 0.2) is 0 Å². The summed E-state index contributed by atoms with van der Waals surface area (Å²) in [4.78, 5) is 9.63.